The summed E-state index contributed by atoms with van der Waals surface area (Å²) in [6, 6.07) is 1.70. The highest BCUT2D eigenvalue weighted by Crippen LogP contribution is 2.09. The lowest BCUT2D eigenvalue weighted by Crippen LogP contribution is -2.33. The van der Waals surface area contributed by atoms with E-state index in [-0.39, 0.29) is 11.8 Å². The predicted molar refractivity (Wildman–Crippen MR) is 70.2 cm³/mol. The molecule has 1 unspecified atom stereocenters. The summed E-state index contributed by atoms with van der Waals surface area (Å²) < 4.78 is 0.766. The van der Waals surface area contributed by atoms with Gasteiger partial charge in [-0.2, -0.15) is 0 Å². The number of amides is 1. The number of hydrogen-bond acceptors (Lipinski definition) is 3. The summed E-state index contributed by atoms with van der Waals surface area (Å²) >= 11 is 8.06. The standard InChI is InChI=1S/C10H12BrN3OS/c1-6(9(12)16)3-14-10(15)7-2-8(11)5-13-4-7/h2,4-6H,3H2,1H3,(H2,12,16)(H,14,15). The van der Waals surface area contributed by atoms with Crippen molar-refractivity contribution in [3.63, 3.8) is 0 Å². The van der Waals surface area contributed by atoms with Crippen molar-refractivity contribution in [1.82, 2.24) is 10.3 Å². The van der Waals surface area contributed by atoms with Gasteiger partial charge < -0.3 is 11.1 Å². The minimum atomic E-state index is -0.183. The Labute approximate surface area is 108 Å². The van der Waals surface area contributed by atoms with E-state index in [4.69, 9.17) is 18.0 Å². The van der Waals surface area contributed by atoms with Gasteiger partial charge in [-0.05, 0) is 22.0 Å². The minimum Gasteiger partial charge on any atom is -0.393 e. The van der Waals surface area contributed by atoms with Crippen LogP contribution in [0.1, 0.15) is 17.3 Å². The van der Waals surface area contributed by atoms with Crippen LogP contribution in [0, 0.1) is 5.92 Å². The highest BCUT2D eigenvalue weighted by molar-refractivity contribution is 9.10. The molecule has 6 heteroatoms. The fourth-order valence-electron chi connectivity index (χ4n) is 0.984. The smallest absolute Gasteiger partial charge is 0.252 e. The van der Waals surface area contributed by atoms with E-state index < -0.39 is 0 Å². The first-order valence-corrected chi connectivity index (χ1v) is 5.89. The summed E-state index contributed by atoms with van der Waals surface area (Å²) in [5, 5.41) is 2.74. The molecule has 3 N–H and O–H groups in total. The predicted octanol–water partition coefficient (Wildman–Crippen LogP) is 1.50. The normalized spacial score (nSPS) is 11.9. The lowest BCUT2D eigenvalue weighted by atomic mass is 10.2. The molecule has 16 heavy (non-hydrogen) atoms. The zero-order valence-electron chi connectivity index (χ0n) is 8.74. The molecule has 1 rings (SSSR count). The van der Waals surface area contributed by atoms with Crippen molar-refractivity contribution >= 4 is 39.0 Å². The van der Waals surface area contributed by atoms with Crippen molar-refractivity contribution in [2.24, 2.45) is 11.7 Å². The van der Waals surface area contributed by atoms with Crippen molar-refractivity contribution in [2.75, 3.05) is 6.54 Å². The molecule has 0 fully saturated rings. The summed E-state index contributed by atoms with van der Waals surface area (Å²) in [6.45, 7) is 2.29. The molecule has 1 aromatic heterocycles. The SMILES string of the molecule is CC(CNC(=O)c1cncc(Br)c1)C(N)=S. The molecule has 0 spiro atoms. The second-order valence-corrected chi connectivity index (χ2v) is 4.79. The van der Waals surface area contributed by atoms with E-state index in [1.165, 1.54) is 6.20 Å². The topological polar surface area (TPSA) is 68.0 Å². The van der Waals surface area contributed by atoms with Crippen molar-refractivity contribution in [3.05, 3.63) is 28.5 Å². The van der Waals surface area contributed by atoms with Gasteiger partial charge in [-0.15, -0.1) is 0 Å². The van der Waals surface area contributed by atoms with Crippen LogP contribution >= 0.6 is 28.1 Å². The molecule has 0 saturated heterocycles. The number of carbonyl (C=O) groups is 1. The van der Waals surface area contributed by atoms with E-state index in [1.807, 2.05) is 6.92 Å². The fraction of sp³-hybridized carbons (Fsp3) is 0.300. The molecular weight excluding hydrogens is 290 g/mol. The zero-order valence-corrected chi connectivity index (χ0v) is 11.1. The number of rotatable bonds is 4. The van der Waals surface area contributed by atoms with E-state index >= 15 is 0 Å². The van der Waals surface area contributed by atoms with E-state index in [9.17, 15) is 4.79 Å². The van der Waals surface area contributed by atoms with Crippen LogP contribution in [0.25, 0.3) is 0 Å². The van der Waals surface area contributed by atoms with Crippen molar-refractivity contribution < 1.29 is 4.79 Å². The lowest BCUT2D eigenvalue weighted by Gasteiger charge is -2.10. The van der Waals surface area contributed by atoms with Gasteiger partial charge in [-0.1, -0.05) is 19.1 Å². The maximum atomic E-state index is 11.7. The Morgan fingerprint density at radius 2 is 2.38 bits per heavy atom. The van der Waals surface area contributed by atoms with Gasteiger partial charge in [0.05, 0.1) is 10.6 Å². The number of hydrogen-bond donors (Lipinski definition) is 2. The fourth-order valence-corrected chi connectivity index (χ4v) is 1.43. The third-order valence-electron chi connectivity index (χ3n) is 2.02. The molecule has 4 nitrogen and oxygen atoms in total. The van der Waals surface area contributed by atoms with Gasteiger partial charge in [-0.25, -0.2) is 0 Å². The van der Waals surface area contributed by atoms with Crippen molar-refractivity contribution in [1.29, 1.82) is 0 Å². The van der Waals surface area contributed by atoms with Crippen molar-refractivity contribution in [2.45, 2.75) is 6.92 Å². The van der Waals surface area contributed by atoms with Gasteiger partial charge in [0.1, 0.15) is 0 Å². The number of aromatic nitrogens is 1. The molecule has 1 atom stereocenters. The van der Waals surface area contributed by atoms with Crippen LogP contribution in [0.15, 0.2) is 22.9 Å². The highest BCUT2D eigenvalue weighted by Gasteiger charge is 2.09. The Hall–Kier alpha value is -1.01. The number of thiocarbonyl (C=S) groups is 1. The van der Waals surface area contributed by atoms with Gasteiger partial charge in [0.15, 0.2) is 0 Å². The Bertz CT molecular complexity index is 411. The van der Waals surface area contributed by atoms with Crippen LogP contribution in [-0.4, -0.2) is 22.4 Å². The number of halogens is 1. The second kappa shape index (κ2) is 5.91. The number of nitrogens with two attached hydrogens (primary N) is 1. The maximum Gasteiger partial charge on any atom is 0.252 e. The summed E-state index contributed by atoms with van der Waals surface area (Å²) in [6.07, 6.45) is 3.12. The minimum absolute atomic E-state index is 0.0148. The largest absolute Gasteiger partial charge is 0.393 e. The van der Waals surface area contributed by atoms with E-state index in [0.29, 0.717) is 17.1 Å². The van der Waals surface area contributed by atoms with Crippen molar-refractivity contribution in [3.8, 4) is 0 Å². The molecule has 0 aliphatic rings. The average Bonchev–Trinajstić information content (AvgIpc) is 2.25. The van der Waals surface area contributed by atoms with E-state index in [0.717, 1.165) is 4.47 Å². The summed E-state index contributed by atoms with van der Waals surface area (Å²) in [5.74, 6) is -0.198. The number of nitrogens with one attached hydrogen (secondary N) is 1. The first-order chi connectivity index (χ1) is 7.50. The first-order valence-electron chi connectivity index (χ1n) is 4.68. The highest BCUT2D eigenvalue weighted by atomic mass is 79.9. The van der Waals surface area contributed by atoms with Crippen LogP contribution in [0.2, 0.25) is 0 Å². The Kier molecular flexibility index (Phi) is 4.82. The number of carbonyl (C=O) groups excluding carboxylic acids is 1. The van der Waals surface area contributed by atoms with Gasteiger partial charge in [0.25, 0.3) is 5.91 Å². The van der Waals surface area contributed by atoms with Crippen LogP contribution in [-0.2, 0) is 0 Å². The molecule has 0 aromatic carbocycles. The Morgan fingerprint density at radius 1 is 1.69 bits per heavy atom. The monoisotopic (exact) mass is 301 g/mol. The van der Waals surface area contributed by atoms with E-state index in [2.05, 4.69) is 26.2 Å². The summed E-state index contributed by atoms with van der Waals surface area (Å²) in [4.78, 5) is 16.0. The third kappa shape index (κ3) is 3.86. The molecule has 0 aliphatic carbocycles. The van der Waals surface area contributed by atoms with E-state index in [1.54, 1.807) is 12.3 Å². The molecule has 0 radical (unpaired) electrons. The average molecular weight is 302 g/mol. The first kappa shape index (κ1) is 13.1. The Morgan fingerprint density at radius 3 is 2.94 bits per heavy atom. The molecule has 0 bridgehead atoms. The number of pyridine rings is 1. The molecule has 0 aliphatic heterocycles. The van der Waals surface area contributed by atoms with Crippen LogP contribution in [0.4, 0.5) is 0 Å². The van der Waals surface area contributed by atoms with Crippen LogP contribution < -0.4 is 11.1 Å². The maximum absolute atomic E-state index is 11.7. The van der Waals surface area contributed by atoms with Gasteiger partial charge >= 0.3 is 0 Å². The zero-order chi connectivity index (χ0) is 12.1. The van der Waals surface area contributed by atoms with Crippen LogP contribution in [0.5, 0.6) is 0 Å². The molecule has 1 heterocycles. The lowest BCUT2D eigenvalue weighted by molar-refractivity contribution is 0.0951. The quantitative estimate of drug-likeness (QED) is 0.827. The second-order valence-electron chi connectivity index (χ2n) is 3.41. The molecule has 1 aromatic rings. The summed E-state index contributed by atoms with van der Waals surface area (Å²) in [5.41, 5.74) is 5.95. The van der Waals surface area contributed by atoms with Gasteiger partial charge in [0, 0.05) is 29.3 Å². The molecule has 0 saturated carbocycles. The Balaban J connectivity index is 2.56. The van der Waals surface area contributed by atoms with Gasteiger partial charge in [-0.3, -0.25) is 9.78 Å². The molecule has 1 amide bonds. The number of nitrogens with zero attached hydrogens (tertiary/aromatic N) is 1. The molecular formula is C10H12BrN3OS. The van der Waals surface area contributed by atoms with Gasteiger partial charge in [0.2, 0.25) is 0 Å². The van der Waals surface area contributed by atoms with Crippen LogP contribution in [0.3, 0.4) is 0 Å². The summed E-state index contributed by atoms with van der Waals surface area (Å²) in [7, 11) is 0. The third-order valence-corrected chi connectivity index (χ3v) is 2.86. The molecule has 86 valence electrons.